The van der Waals surface area contributed by atoms with Crippen LogP contribution in [0.5, 0.6) is 11.5 Å². The van der Waals surface area contributed by atoms with Gasteiger partial charge in [-0.25, -0.2) is 17.8 Å². The minimum Gasteiger partial charge on any atom is -0.496 e. The number of halogens is 1. The molecule has 0 spiro atoms. The van der Waals surface area contributed by atoms with Crippen LogP contribution in [0.25, 0.3) is 0 Å². The Morgan fingerprint density at radius 3 is 2.12 bits per heavy atom. The predicted octanol–water partition coefficient (Wildman–Crippen LogP) is 5.27. The van der Waals surface area contributed by atoms with Gasteiger partial charge in [-0.2, -0.15) is 4.31 Å². The lowest BCUT2D eigenvalue weighted by molar-refractivity contribution is -0.145. The Balaban J connectivity index is 1.46. The normalized spacial score (nSPS) is 11.3. The average Bonchev–Trinajstić information content (AvgIpc) is 3.59. The number of sulfonamides is 1. The number of hydrogen-bond donors (Lipinski definition) is 0. The van der Waals surface area contributed by atoms with E-state index in [9.17, 15) is 27.2 Å². The van der Waals surface area contributed by atoms with Crippen LogP contribution in [0.1, 0.15) is 49.0 Å². The molecule has 4 rings (SSSR count). The monoisotopic (exact) mass is 725 g/mol. The van der Waals surface area contributed by atoms with Gasteiger partial charge in [0.1, 0.15) is 47.8 Å². The largest absolute Gasteiger partial charge is 0.496 e. The number of thiazole rings is 1. The summed E-state index contributed by atoms with van der Waals surface area (Å²) in [6.07, 6.45) is 1.36. The molecule has 1 aromatic heterocycles. The molecular weight excluding hydrogens is 686 g/mol. The van der Waals surface area contributed by atoms with Gasteiger partial charge in [-0.1, -0.05) is 60.7 Å². The first kappa shape index (κ1) is 38.1. The summed E-state index contributed by atoms with van der Waals surface area (Å²) in [6, 6.07) is 21.9. The van der Waals surface area contributed by atoms with Gasteiger partial charge in [0.15, 0.2) is 5.78 Å². The first-order valence-electron chi connectivity index (χ1n) is 15.8. The number of nitrogens with zero attached hydrogens (tertiary/aromatic N) is 3. The molecule has 0 aliphatic rings. The van der Waals surface area contributed by atoms with Gasteiger partial charge in [-0.05, 0) is 43.0 Å². The average molecular weight is 726 g/mol. The summed E-state index contributed by atoms with van der Waals surface area (Å²) in [5.41, 5.74) is 2.79. The van der Waals surface area contributed by atoms with Crippen molar-refractivity contribution in [3.8, 4) is 11.5 Å². The van der Waals surface area contributed by atoms with Crippen molar-refractivity contribution in [1.82, 2.24) is 14.2 Å². The standard InChI is InChI=1S/C36H40FN3O8S2/c1-26-32(46-2)19-29(20-33(26)47-3)36(43)39(17-10-15-27-11-6-4-7-12-27)21-34-38-30(24-49-34)31(41)25-50(44,45)40(18-16-37)22-35(42)48-23-28-13-8-5-9-14-28/h4-9,11-14,19-20,24H,10,15-18,21-23,25H2,1-3H3. The fourth-order valence-electron chi connectivity index (χ4n) is 5.11. The van der Waals surface area contributed by atoms with Gasteiger partial charge in [0.25, 0.3) is 5.91 Å². The first-order valence-corrected chi connectivity index (χ1v) is 18.3. The van der Waals surface area contributed by atoms with Gasteiger partial charge in [-0.3, -0.25) is 14.4 Å². The van der Waals surface area contributed by atoms with Crippen molar-refractivity contribution >= 4 is 39.0 Å². The van der Waals surface area contributed by atoms with Crippen LogP contribution in [0.15, 0.2) is 78.2 Å². The number of amides is 1. The lowest BCUT2D eigenvalue weighted by Gasteiger charge is -2.23. The lowest BCUT2D eigenvalue weighted by Crippen LogP contribution is -2.40. The molecule has 11 nitrogen and oxygen atoms in total. The molecule has 50 heavy (non-hydrogen) atoms. The highest BCUT2D eigenvalue weighted by Gasteiger charge is 2.30. The number of carbonyl (C=O) groups excluding carboxylic acids is 3. The molecule has 1 heterocycles. The minimum atomic E-state index is -4.41. The maximum absolute atomic E-state index is 13.9. The van der Waals surface area contributed by atoms with Crippen molar-refractivity contribution in [2.24, 2.45) is 0 Å². The number of ketones is 1. The van der Waals surface area contributed by atoms with Crippen LogP contribution in [-0.4, -0.2) is 86.5 Å². The number of aromatic nitrogens is 1. The van der Waals surface area contributed by atoms with E-state index in [1.54, 1.807) is 47.4 Å². The molecule has 1 amide bonds. The number of hydrogen-bond acceptors (Lipinski definition) is 10. The Labute approximate surface area is 295 Å². The van der Waals surface area contributed by atoms with Crippen molar-refractivity contribution in [3.63, 3.8) is 0 Å². The number of esters is 1. The second kappa shape index (κ2) is 18.4. The van der Waals surface area contributed by atoms with Crippen LogP contribution in [-0.2, 0) is 39.1 Å². The molecule has 266 valence electrons. The molecule has 0 fully saturated rings. The Morgan fingerprint density at radius 2 is 1.52 bits per heavy atom. The Morgan fingerprint density at radius 1 is 0.900 bits per heavy atom. The van der Waals surface area contributed by atoms with Gasteiger partial charge in [0.2, 0.25) is 10.0 Å². The fraction of sp³-hybridized carbons (Fsp3) is 0.333. The van der Waals surface area contributed by atoms with Gasteiger partial charge < -0.3 is 19.1 Å². The first-order chi connectivity index (χ1) is 24.0. The van der Waals surface area contributed by atoms with E-state index >= 15 is 0 Å². The van der Waals surface area contributed by atoms with Gasteiger partial charge >= 0.3 is 5.97 Å². The van der Waals surface area contributed by atoms with Gasteiger partial charge in [0.05, 0.1) is 20.8 Å². The Kier molecular flexibility index (Phi) is 14.0. The summed E-state index contributed by atoms with van der Waals surface area (Å²) in [6.45, 7) is -0.267. The molecule has 0 aliphatic heterocycles. The summed E-state index contributed by atoms with van der Waals surface area (Å²) >= 11 is 1.11. The predicted molar refractivity (Wildman–Crippen MR) is 188 cm³/mol. The molecule has 0 bridgehead atoms. The second-order valence-corrected chi connectivity index (χ2v) is 14.2. The van der Waals surface area contributed by atoms with Crippen molar-refractivity contribution in [2.75, 3.05) is 46.3 Å². The smallest absolute Gasteiger partial charge is 0.321 e. The van der Waals surface area contributed by atoms with E-state index < -0.39 is 47.3 Å². The number of rotatable bonds is 19. The summed E-state index contributed by atoms with van der Waals surface area (Å²) in [4.78, 5) is 45.4. The fourth-order valence-corrected chi connectivity index (χ4v) is 7.23. The highest BCUT2D eigenvalue weighted by molar-refractivity contribution is 7.89. The third kappa shape index (κ3) is 10.7. The van der Waals surface area contributed by atoms with Crippen LogP contribution in [0, 0.1) is 6.92 Å². The topological polar surface area (TPSA) is 132 Å². The van der Waals surface area contributed by atoms with Crippen LogP contribution >= 0.6 is 11.3 Å². The number of benzene rings is 3. The summed E-state index contributed by atoms with van der Waals surface area (Å²) in [5, 5.41) is 1.83. The quantitative estimate of drug-likeness (QED) is 0.0937. The molecule has 0 radical (unpaired) electrons. The van der Waals surface area contributed by atoms with Gasteiger partial charge in [0, 0.05) is 29.6 Å². The zero-order chi connectivity index (χ0) is 36.1. The molecule has 0 aliphatic carbocycles. The van der Waals surface area contributed by atoms with E-state index in [0.717, 1.165) is 28.9 Å². The third-order valence-electron chi connectivity index (χ3n) is 7.78. The SMILES string of the molecule is COc1cc(C(=O)N(CCCc2ccccc2)Cc2nc(C(=O)CS(=O)(=O)N(CCF)CC(=O)OCc3ccccc3)cs2)cc(OC)c1C. The molecule has 0 unspecified atom stereocenters. The number of aryl methyl sites for hydroxylation is 1. The molecule has 14 heteroatoms. The molecule has 3 aromatic carbocycles. The highest BCUT2D eigenvalue weighted by Crippen LogP contribution is 2.30. The van der Waals surface area contributed by atoms with Crippen LogP contribution in [0.3, 0.4) is 0 Å². The molecule has 4 aromatic rings. The van der Waals surface area contributed by atoms with Crippen molar-refractivity contribution in [3.05, 3.63) is 111 Å². The molecule has 0 atom stereocenters. The van der Waals surface area contributed by atoms with E-state index in [0.29, 0.717) is 44.9 Å². The zero-order valence-corrected chi connectivity index (χ0v) is 29.8. The van der Waals surface area contributed by atoms with E-state index in [1.807, 2.05) is 37.3 Å². The summed E-state index contributed by atoms with van der Waals surface area (Å²) in [5.74, 6) is -2.05. The van der Waals surface area contributed by atoms with Crippen LogP contribution < -0.4 is 9.47 Å². The van der Waals surface area contributed by atoms with Crippen molar-refractivity contribution < 1.29 is 41.4 Å². The Hall–Kier alpha value is -4.66. The van der Waals surface area contributed by atoms with Crippen molar-refractivity contribution in [2.45, 2.75) is 32.9 Å². The van der Waals surface area contributed by atoms with Crippen LogP contribution in [0.4, 0.5) is 4.39 Å². The molecule has 0 N–H and O–H groups in total. The molecular formula is C36H40FN3O8S2. The molecule has 0 saturated heterocycles. The summed E-state index contributed by atoms with van der Waals surface area (Å²) < 4.78 is 56.3. The maximum atomic E-state index is 13.9. The van der Waals surface area contributed by atoms with E-state index in [-0.39, 0.29) is 24.8 Å². The van der Waals surface area contributed by atoms with E-state index in [1.165, 1.54) is 19.6 Å². The minimum absolute atomic E-state index is 0.0536. The van der Waals surface area contributed by atoms with Gasteiger partial charge in [-0.15, -0.1) is 11.3 Å². The number of alkyl halides is 1. The third-order valence-corrected chi connectivity index (χ3v) is 10.3. The van der Waals surface area contributed by atoms with E-state index in [2.05, 4.69) is 4.98 Å². The number of ether oxygens (including phenoxy) is 3. The highest BCUT2D eigenvalue weighted by atomic mass is 32.2. The summed E-state index contributed by atoms with van der Waals surface area (Å²) in [7, 11) is -1.39. The lowest BCUT2D eigenvalue weighted by atomic mass is 10.1. The number of methoxy groups -OCH3 is 2. The second-order valence-electron chi connectivity index (χ2n) is 11.3. The van der Waals surface area contributed by atoms with E-state index in [4.69, 9.17) is 14.2 Å². The Bertz CT molecular complexity index is 1830. The maximum Gasteiger partial charge on any atom is 0.321 e. The number of carbonyl (C=O) groups is 3. The molecule has 0 saturated carbocycles. The van der Waals surface area contributed by atoms with Crippen molar-refractivity contribution in [1.29, 1.82) is 0 Å². The number of Topliss-reactive ketones (excluding diaryl/α,β-unsaturated/α-hetero) is 1. The van der Waals surface area contributed by atoms with Crippen LogP contribution in [0.2, 0.25) is 0 Å². The zero-order valence-electron chi connectivity index (χ0n) is 28.2.